The molecule has 1 amide bonds. The van der Waals surface area contributed by atoms with E-state index >= 15 is 0 Å². The summed E-state index contributed by atoms with van der Waals surface area (Å²) in [4.78, 5) is 24.7. The maximum atomic E-state index is 13.8. The number of ether oxygens (including phenoxy) is 1. The first-order valence-electron chi connectivity index (χ1n) is 7.56. The van der Waals surface area contributed by atoms with E-state index in [0.717, 1.165) is 18.9 Å². The number of hydrogen-bond acceptors (Lipinski definition) is 3. The topological polar surface area (TPSA) is 55.4 Å². The number of nitrogens with one attached hydrogen (secondary N) is 1. The predicted molar refractivity (Wildman–Crippen MR) is 87.2 cm³/mol. The van der Waals surface area contributed by atoms with Crippen molar-refractivity contribution in [3.05, 3.63) is 70.5 Å². The van der Waals surface area contributed by atoms with Crippen molar-refractivity contribution in [1.82, 2.24) is 5.32 Å². The normalized spacial score (nSPS) is 14.8. The number of benzene rings is 2. The molecule has 2 aromatic rings. The van der Waals surface area contributed by atoms with Crippen LogP contribution in [0.25, 0.3) is 0 Å². The minimum atomic E-state index is -1.14. The zero-order valence-electron chi connectivity index (χ0n) is 12.7. The standard InChI is InChI=1S/C18H15ClFNO3/c19-12-6-9-15(20)14(10-12)18(23)24-16(11-4-2-1-3-5-11)17(22)21-13-7-8-13/h1-6,9-10,13,16H,7-8H2,(H,21,22). The van der Waals surface area contributed by atoms with E-state index in [1.54, 1.807) is 30.3 Å². The van der Waals surface area contributed by atoms with E-state index in [1.807, 2.05) is 0 Å². The summed E-state index contributed by atoms with van der Waals surface area (Å²) in [6.07, 6.45) is 0.673. The summed E-state index contributed by atoms with van der Waals surface area (Å²) >= 11 is 5.80. The second kappa shape index (κ2) is 7.01. The Hall–Kier alpha value is -2.40. The Morgan fingerprint density at radius 3 is 2.54 bits per heavy atom. The van der Waals surface area contributed by atoms with E-state index in [9.17, 15) is 14.0 Å². The third-order valence-corrected chi connectivity index (χ3v) is 3.87. The maximum absolute atomic E-state index is 13.8. The molecule has 0 spiro atoms. The van der Waals surface area contributed by atoms with Crippen molar-refractivity contribution >= 4 is 23.5 Å². The summed E-state index contributed by atoms with van der Waals surface area (Å²) in [5.41, 5.74) is 0.217. The molecular formula is C18H15ClFNO3. The number of hydrogen-bond donors (Lipinski definition) is 1. The number of halogens is 2. The Bertz CT molecular complexity index is 762. The van der Waals surface area contributed by atoms with Gasteiger partial charge in [-0.05, 0) is 31.0 Å². The van der Waals surface area contributed by atoms with Crippen LogP contribution in [0.2, 0.25) is 5.02 Å². The predicted octanol–water partition coefficient (Wildman–Crippen LogP) is 3.66. The number of rotatable bonds is 5. The van der Waals surface area contributed by atoms with Gasteiger partial charge in [-0.3, -0.25) is 4.79 Å². The lowest BCUT2D eigenvalue weighted by Crippen LogP contribution is -2.33. The van der Waals surface area contributed by atoms with Crippen molar-refractivity contribution in [2.75, 3.05) is 0 Å². The molecule has 1 saturated carbocycles. The van der Waals surface area contributed by atoms with Crippen LogP contribution >= 0.6 is 11.6 Å². The Kier molecular flexibility index (Phi) is 4.81. The van der Waals surface area contributed by atoms with Crippen molar-refractivity contribution in [2.24, 2.45) is 0 Å². The summed E-state index contributed by atoms with van der Waals surface area (Å²) in [6, 6.07) is 12.3. The molecule has 2 aromatic carbocycles. The summed E-state index contributed by atoms with van der Waals surface area (Å²) < 4.78 is 19.1. The highest BCUT2D eigenvalue weighted by Crippen LogP contribution is 2.25. The van der Waals surface area contributed by atoms with Crippen LogP contribution in [0.3, 0.4) is 0 Å². The van der Waals surface area contributed by atoms with E-state index in [2.05, 4.69) is 5.32 Å². The van der Waals surface area contributed by atoms with Crippen LogP contribution in [-0.2, 0) is 9.53 Å². The monoisotopic (exact) mass is 347 g/mol. The number of amides is 1. The summed E-state index contributed by atoms with van der Waals surface area (Å²) in [6.45, 7) is 0. The van der Waals surface area contributed by atoms with E-state index in [-0.39, 0.29) is 16.6 Å². The molecular weight excluding hydrogens is 333 g/mol. The second-order valence-electron chi connectivity index (χ2n) is 5.60. The van der Waals surface area contributed by atoms with Gasteiger partial charge in [0.25, 0.3) is 5.91 Å². The Morgan fingerprint density at radius 2 is 1.88 bits per heavy atom. The molecule has 4 nitrogen and oxygen atoms in total. The van der Waals surface area contributed by atoms with Crippen molar-refractivity contribution in [2.45, 2.75) is 25.0 Å². The molecule has 3 rings (SSSR count). The molecule has 0 bridgehead atoms. The van der Waals surface area contributed by atoms with Crippen molar-refractivity contribution < 1.29 is 18.7 Å². The van der Waals surface area contributed by atoms with Gasteiger partial charge in [0.1, 0.15) is 5.82 Å². The van der Waals surface area contributed by atoms with Gasteiger partial charge in [0.05, 0.1) is 5.56 Å². The summed E-state index contributed by atoms with van der Waals surface area (Å²) in [5, 5.41) is 3.01. The fourth-order valence-electron chi connectivity index (χ4n) is 2.23. The minimum Gasteiger partial charge on any atom is -0.444 e. The van der Waals surface area contributed by atoms with Crippen LogP contribution in [-0.4, -0.2) is 17.9 Å². The number of carbonyl (C=O) groups excluding carboxylic acids is 2. The lowest BCUT2D eigenvalue weighted by molar-refractivity contribution is -0.130. The molecule has 124 valence electrons. The molecule has 0 heterocycles. The van der Waals surface area contributed by atoms with Gasteiger partial charge in [-0.2, -0.15) is 0 Å². The van der Waals surface area contributed by atoms with Gasteiger partial charge < -0.3 is 10.1 Å². The lowest BCUT2D eigenvalue weighted by atomic mass is 10.1. The fraction of sp³-hybridized carbons (Fsp3) is 0.222. The maximum Gasteiger partial charge on any atom is 0.342 e. The van der Waals surface area contributed by atoms with E-state index in [4.69, 9.17) is 16.3 Å². The average molecular weight is 348 g/mol. The SMILES string of the molecule is O=C(OC(C(=O)NC1CC1)c1ccccc1)c1cc(Cl)ccc1F. The lowest BCUT2D eigenvalue weighted by Gasteiger charge is -2.18. The molecule has 0 aliphatic heterocycles. The van der Waals surface area contributed by atoms with Gasteiger partial charge in [0, 0.05) is 16.6 Å². The van der Waals surface area contributed by atoms with Gasteiger partial charge in [-0.25, -0.2) is 9.18 Å². The quantitative estimate of drug-likeness (QED) is 0.840. The molecule has 1 N–H and O–H groups in total. The van der Waals surface area contributed by atoms with Crippen LogP contribution < -0.4 is 5.32 Å². The van der Waals surface area contributed by atoms with Crippen LogP contribution in [0.1, 0.15) is 34.9 Å². The third kappa shape index (κ3) is 3.92. The summed E-state index contributed by atoms with van der Waals surface area (Å²) in [5.74, 6) is -2.10. The molecule has 1 atom stereocenters. The zero-order valence-corrected chi connectivity index (χ0v) is 13.4. The highest BCUT2D eigenvalue weighted by Gasteiger charge is 2.31. The smallest absolute Gasteiger partial charge is 0.342 e. The van der Waals surface area contributed by atoms with Gasteiger partial charge >= 0.3 is 5.97 Å². The third-order valence-electron chi connectivity index (χ3n) is 3.64. The molecule has 1 aliphatic carbocycles. The second-order valence-corrected chi connectivity index (χ2v) is 6.04. The van der Waals surface area contributed by atoms with Crippen molar-refractivity contribution in [1.29, 1.82) is 0 Å². The fourth-order valence-corrected chi connectivity index (χ4v) is 2.40. The Balaban J connectivity index is 1.84. The molecule has 6 heteroatoms. The first-order valence-corrected chi connectivity index (χ1v) is 7.94. The highest BCUT2D eigenvalue weighted by molar-refractivity contribution is 6.30. The van der Waals surface area contributed by atoms with Gasteiger partial charge in [-0.15, -0.1) is 0 Å². The Morgan fingerprint density at radius 1 is 1.17 bits per heavy atom. The van der Waals surface area contributed by atoms with Crippen molar-refractivity contribution in [3.8, 4) is 0 Å². The number of esters is 1. The molecule has 1 fully saturated rings. The Labute approximate surface area is 143 Å². The average Bonchev–Trinajstić information content (AvgIpc) is 3.39. The van der Waals surface area contributed by atoms with Crippen LogP contribution in [0.4, 0.5) is 4.39 Å². The molecule has 0 aromatic heterocycles. The van der Waals surface area contributed by atoms with Gasteiger partial charge in [-0.1, -0.05) is 41.9 Å². The van der Waals surface area contributed by atoms with Gasteiger partial charge in [0.2, 0.25) is 6.10 Å². The molecule has 24 heavy (non-hydrogen) atoms. The molecule has 1 aliphatic rings. The molecule has 0 saturated heterocycles. The van der Waals surface area contributed by atoms with E-state index in [0.29, 0.717) is 5.56 Å². The largest absolute Gasteiger partial charge is 0.444 e. The molecule has 0 radical (unpaired) electrons. The van der Waals surface area contributed by atoms with E-state index in [1.165, 1.54) is 12.1 Å². The first kappa shape index (κ1) is 16.5. The zero-order chi connectivity index (χ0) is 17.1. The molecule has 1 unspecified atom stereocenters. The van der Waals surface area contributed by atoms with Crippen LogP contribution in [0.5, 0.6) is 0 Å². The van der Waals surface area contributed by atoms with Gasteiger partial charge in [0.15, 0.2) is 0 Å². The van der Waals surface area contributed by atoms with Crippen molar-refractivity contribution in [3.63, 3.8) is 0 Å². The van der Waals surface area contributed by atoms with Crippen LogP contribution in [0.15, 0.2) is 48.5 Å². The van der Waals surface area contributed by atoms with Crippen LogP contribution in [0, 0.1) is 5.82 Å². The number of carbonyl (C=O) groups is 2. The highest BCUT2D eigenvalue weighted by atomic mass is 35.5. The van der Waals surface area contributed by atoms with E-state index < -0.39 is 23.8 Å². The minimum absolute atomic E-state index is 0.116. The summed E-state index contributed by atoms with van der Waals surface area (Å²) in [7, 11) is 0. The first-order chi connectivity index (χ1) is 11.5.